The number of benzene rings is 1. The summed E-state index contributed by atoms with van der Waals surface area (Å²) in [5.74, 6) is 0.774. The van der Waals surface area contributed by atoms with Gasteiger partial charge in [0, 0.05) is 31.3 Å². The molecule has 0 aliphatic carbocycles. The molecule has 110 valence electrons. The second-order valence-electron chi connectivity index (χ2n) is 4.90. The smallest absolute Gasteiger partial charge is 0.253 e. The van der Waals surface area contributed by atoms with Gasteiger partial charge >= 0.3 is 0 Å². The maximum Gasteiger partial charge on any atom is 0.253 e. The van der Waals surface area contributed by atoms with Crippen LogP contribution in [0.1, 0.15) is 21.7 Å². The molecule has 3 aromatic rings. The van der Waals surface area contributed by atoms with E-state index in [0.717, 1.165) is 17.1 Å². The van der Waals surface area contributed by atoms with Crippen molar-refractivity contribution in [3.05, 3.63) is 78.1 Å². The van der Waals surface area contributed by atoms with E-state index in [1.807, 2.05) is 42.0 Å². The fourth-order valence-electron chi connectivity index (χ4n) is 2.30. The number of aromatic nitrogens is 3. The molecule has 22 heavy (non-hydrogen) atoms. The molecule has 1 aromatic carbocycles. The predicted molar refractivity (Wildman–Crippen MR) is 83.7 cm³/mol. The first-order valence-electron chi connectivity index (χ1n) is 7.02. The Morgan fingerprint density at radius 1 is 1.18 bits per heavy atom. The number of aryl methyl sites for hydroxylation is 1. The minimum atomic E-state index is -0.134. The SMILES string of the molecule is Cc1nccn1-c1ccccc1CNC(=O)c1cccnc1. The van der Waals surface area contributed by atoms with E-state index < -0.39 is 0 Å². The van der Waals surface area contributed by atoms with E-state index in [1.54, 1.807) is 30.7 Å². The summed E-state index contributed by atoms with van der Waals surface area (Å²) in [6.45, 7) is 2.40. The van der Waals surface area contributed by atoms with Crippen LogP contribution < -0.4 is 5.32 Å². The third kappa shape index (κ3) is 2.88. The lowest BCUT2D eigenvalue weighted by Gasteiger charge is -2.12. The van der Waals surface area contributed by atoms with Crippen molar-refractivity contribution in [1.29, 1.82) is 0 Å². The Labute approximate surface area is 128 Å². The second-order valence-corrected chi connectivity index (χ2v) is 4.90. The molecule has 0 aliphatic heterocycles. The van der Waals surface area contributed by atoms with Crippen LogP contribution in [0.25, 0.3) is 5.69 Å². The molecule has 0 radical (unpaired) electrons. The summed E-state index contributed by atoms with van der Waals surface area (Å²) < 4.78 is 2.01. The second kappa shape index (κ2) is 6.22. The molecule has 0 bridgehead atoms. The van der Waals surface area contributed by atoms with Crippen LogP contribution in [0.4, 0.5) is 0 Å². The van der Waals surface area contributed by atoms with Crippen molar-refractivity contribution in [2.24, 2.45) is 0 Å². The number of nitrogens with one attached hydrogen (secondary N) is 1. The summed E-state index contributed by atoms with van der Waals surface area (Å²) in [7, 11) is 0. The van der Waals surface area contributed by atoms with Gasteiger partial charge in [-0.2, -0.15) is 0 Å². The molecule has 1 amide bonds. The van der Waals surface area contributed by atoms with Gasteiger partial charge in [-0.05, 0) is 30.7 Å². The number of pyridine rings is 1. The monoisotopic (exact) mass is 292 g/mol. The normalized spacial score (nSPS) is 10.4. The van der Waals surface area contributed by atoms with Crippen LogP contribution >= 0.6 is 0 Å². The fraction of sp³-hybridized carbons (Fsp3) is 0.118. The molecule has 2 aromatic heterocycles. The van der Waals surface area contributed by atoms with Crippen molar-refractivity contribution in [3.63, 3.8) is 0 Å². The van der Waals surface area contributed by atoms with Crippen LogP contribution in [0, 0.1) is 6.92 Å². The number of hydrogen-bond acceptors (Lipinski definition) is 3. The highest BCUT2D eigenvalue weighted by molar-refractivity contribution is 5.93. The number of hydrogen-bond donors (Lipinski definition) is 1. The van der Waals surface area contributed by atoms with Crippen LogP contribution in [0.3, 0.4) is 0 Å². The Hall–Kier alpha value is -2.95. The van der Waals surface area contributed by atoms with Gasteiger partial charge in [-0.3, -0.25) is 9.78 Å². The van der Waals surface area contributed by atoms with Crippen LogP contribution in [0.5, 0.6) is 0 Å². The molecule has 5 nitrogen and oxygen atoms in total. The molecule has 0 spiro atoms. The Morgan fingerprint density at radius 3 is 2.77 bits per heavy atom. The van der Waals surface area contributed by atoms with Crippen molar-refractivity contribution in [1.82, 2.24) is 19.9 Å². The van der Waals surface area contributed by atoms with E-state index in [2.05, 4.69) is 15.3 Å². The Morgan fingerprint density at radius 2 is 2.05 bits per heavy atom. The summed E-state index contributed by atoms with van der Waals surface area (Å²) in [5, 5.41) is 2.92. The number of amides is 1. The summed E-state index contributed by atoms with van der Waals surface area (Å²) in [5.41, 5.74) is 2.60. The molecule has 5 heteroatoms. The summed E-state index contributed by atoms with van der Waals surface area (Å²) in [6, 6.07) is 11.4. The number of nitrogens with zero attached hydrogens (tertiary/aromatic N) is 3. The van der Waals surface area contributed by atoms with E-state index in [1.165, 1.54) is 0 Å². The molecule has 0 aliphatic rings. The minimum absolute atomic E-state index is 0.134. The molecule has 0 unspecified atom stereocenters. The van der Waals surface area contributed by atoms with Crippen molar-refractivity contribution in [3.8, 4) is 5.69 Å². The van der Waals surface area contributed by atoms with E-state index in [9.17, 15) is 4.79 Å². The number of carbonyl (C=O) groups excluding carboxylic acids is 1. The predicted octanol–water partition coefficient (Wildman–Crippen LogP) is 2.51. The number of para-hydroxylation sites is 1. The third-order valence-electron chi connectivity index (χ3n) is 3.44. The van der Waals surface area contributed by atoms with Crippen LogP contribution in [-0.4, -0.2) is 20.4 Å². The summed E-state index contributed by atoms with van der Waals surface area (Å²) >= 11 is 0. The van der Waals surface area contributed by atoms with Gasteiger partial charge in [0.2, 0.25) is 0 Å². The van der Waals surface area contributed by atoms with Crippen LogP contribution in [0.15, 0.2) is 61.2 Å². The van der Waals surface area contributed by atoms with E-state index in [-0.39, 0.29) is 5.91 Å². The van der Waals surface area contributed by atoms with Crippen molar-refractivity contribution in [2.45, 2.75) is 13.5 Å². The Kier molecular flexibility index (Phi) is 3.96. The van der Waals surface area contributed by atoms with E-state index in [4.69, 9.17) is 0 Å². The van der Waals surface area contributed by atoms with Gasteiger partial charge in [0.25, 0.3) is 5.91 Å². The molecule has 0 atom stereocenters. The van der Waals surface area contributed by atoms with Gasteiger partial charge in [0.05, 0.1) is 11.3 Å². The zero-order chi connectivity index (χ0) is 15.4. The summed E-state index contributed by atoms with van der Waals surface area (Å²) in [4.78, 5) is 20.3. The Balaban J connectivity index is 1.79. The Bertz CT molecular complexity index is 780. The highest BCUT2D eigenvalue weighted by Crippen LogP contribution is 2.16. The molecule has 0 saturated carbocycles. The molecule has 0 saturated heterocycles. The number of imidazole rings is 1. The van der Waals surface area contributed by atoms with Gasteiger partial charge in [-0.1, -0.05) is 18.2 Å². The lowest BCUT2D eigenvalue weighted by atomic mass is 10.1. The summed E-state index contributed by atoms with van der Waals surface area (Å²) in [6.07, 6.45) is 6.88. The molecule has 3 rings (SSSR count). The third-order valence-corrected chi connectivity index (χ3v) is 3.44. The fourth-order valence-corrected chi connectivity index (χ4v) is 2.30. The first-order valence-corrected chi connectivity index (χ1v) is 7.02. The van der Waals surface area contributed by atoms with E-state index >= 15 is 0 Å². The zero-order valence-corrected chi connectivity index (χ0v) is 12.2. The van der Waals surface area contributed by atoms with Gasteiger partial charge in [-0.15, -0.1) is 0 Å². The maximum atomic E-state index is 12.1. The first kappa shape index (κ1) is 14.0. The van der Waals surface area contributed by atoms with Gasteiger partial charge in [-0.25, -0.2) is 4.98 Å². The van der Waals surface area contributed by atoms with Gasteiger partial charge < -0.3 is 9.88 Å². The number of carbonyl (C=O) groups is 1. The molecular weight excluding hydrogens is 276 g/mol. The highest BCUT2D eigenvalue weighted by Gasteiger charge is 2.09. The van der Waals surface area contributed by atoms with Crippen molar-refractivity contribution >= 4 is 5.91 Å². The quantitative estimate of drug-likeness (QED) is 0.803. The minimum Gasteiger partial charge on any atom is -0.348 e. The first-order chi connectivity index (χ1) is 10.8. The lowest BCUT2D eigenvalue weighted by molar-refractivity contribution is 0.0950. The highest BCUT2D eigenvalue weighted by atomic mass is 16.1. The maximum absolute atomic E-state index is 12.1. The standard InChI is InChI=1S/C17H16N4O/c1-13-19-9-10-21(13)16-7-3-2-5-14(16)12-20-17(22)15-6-4-8-18-11-15/h2-11H,12H2,1H3,(H,20,22). The molecule has 0 fully saturated rings. The van der Waals surface area contributed by atoms with Crippen LogP contribution in [-0.2, 0) is 6.54 Å². The topological polar surface area (TPSA) is 59.8 Å². The largest absolute Gasteiger partial charge is 0.348 e. The van der Waals surface area contributed by atoms with Gasteiger partial charge in [0.1, 0.15) is 5.82 Å². The van der Waals surface area contributed by atoms with Crippen molar-refractivity contribution in [2.75, 3.05) is 0 Å². The van der Waals surface area contributed by atoms with Crippen molar-refractivity contribution < 1.29 is 4.79 Å². The average Bonchev–Trinajstić information content (AvgIpc) is 2.99. The zero-order valence-electron chi connectivity index (χ0n) is 12.2. The molecular formula is C17H16N4O. The number of rotatable bonds is 4. The average molecular weight is 292 g/mol. The lowest BCUT2D eigenvalue weighted by Crippen LogP contribution is -2.23. The van der Waals surface area contributed by atoms with E-state index in [0.29, 0.717) is 12.1 Å². The molecule has 1 N–H and O–H groups in total. The molecule has 2 heterocycles. The van der Waals surface area contributed by atoms with Crippen LogP contribution in [0.2, 0.25) is 0 Å². The van der Waals surface area contributed by atoms with Gasteiger partial charge in [0.15, 0.2) is 0 Å².